The highest BCUT2D eigenvalue weighted by Gasteiger charge is 2.07. The van der Waals surface area contributed by atoms with Gasteiger partial charge in [-0.05, 0) is 55.3 Å². The second-order valence-corrected chi connectivity index (χ2v) is 4.87. The molecule has 0 aliphatic rings. The molecular weight excluding hydrogens is 262 g/mol. The second-order valence-electron chi connectivity index (χ2n) is 4.87. The number of rotatable bonds is 2. The van der Waals surface area contributed by atoms with Crippen molar-refractivity contribution >= 4 is 11.6 Å². The van der Waals surface area contributed by atoms with Gasteiger partial charge in [0.1, 0.15) is 6.61 Å². The molecule has 0 spiro atoms. The highest BCUT2D eigenvalue weighted by atomic mass is 16.2. The van der Waals surface area contributed by atoms with Crippen LogP contribution in [0.5, 0.6) is 0 Å². The standard InChI is InChI=1S/C18H17NO2/c1-13-9-14(2)11-17(10-13)19-18(21)16-7-3-5-15(12-16)6-4-8-20/h3,5,7,9-12,20H,8H2,1-2H3,(H,19,21). The Morgan fingerprint density at radius 1 is 1.14 bits per heavy atom. The normalized spacial score (nSPS) is 9.67. The quantitative estimate of drug-likeness (QED) is 0.830. The number of anilines is 1. The summed E-state index contributed by atoms with van der Waals surface area (Å²) in [5.74, 6) is 5.19. The Morgan fingerprint density at radius 3 is 2.52 bits per heavy atom. The summed E-state index contributed by atoms with van der Waals surface area (Å²) in [6.07, 6.45) is 0. The molecule has 0 aromatic heterocycles. The number of nitrogens with one attached hydrogen (secondary N) is 1. The largest absolute Gasteiger partial charge is 0.384 e. The molecule has 0 aliphatic heterocycles. The van der Waals surface area contributed by atoms with Crippen LogP contribution in [-0.2, 0) is 0 Å². The number of carbonyl (C=O) groups is 1. The first-order valence-electron chi connectivity index (χ1n) is 6.68. The van der Waals surface area contributed by atoms with Crippen molar-refractivity contribution in [1.82, 2.24) is 0 Å². The summed E-state index contributed by atoms with van der Waals surface area (Å²) in [5, 5.41) is 11.6. The van der Waals surface area contributed by atoms with Gasteiger partial charge in [0.25, 0.3) is 5.91 Å². The van der Waals surface area contributed by atoms with E-state index in [4.69, 9.17) is 5.11 Å². The van der Waals surface area contributed by atoms with Gasteiger partial charge in [0.2, 0.25) is 0 Å². The number of hydrogen-bond donors (Lipinski definition) is 2. The monoisotopic (exact) mass is 279 g/mol. The minimum absolute atomic E-state index is 0.173. The van der Waals surface area contributed by atoms with E-state index in [2.05, 4.69) is 23.2 Å². The molecule has 3 heteroatoms. The lowest BCUT2D eigenvalue weighted by molar-refractivity contribution is 0.102. The van der Waals surface area contributed by atoms with Gasteiger partial charge in [-0.15, -0.1) is 0 Å². The first-order valence-corrected chi connectivity index (χ1v) is 6.68. The molecule has 0 saturated carbocycles. The molecule has 0 heterocycles. The number of aryl methyl sites for hydroxylation is 2. The van der Waals surface area contributed by atoms with Gasteiger partial charge in [-0.2, -0.15) is 0 Å². The summed E-state index contributed by atoms with van der Waals surface area (Å²) in [6.45, 7) is 3.79. The van der Waals surface area contributed by atoms with Gasteiger partial charge in [-0.3, -0.25) is 4.79 Å². The minimum Gasteiger partial charge on any atom is -0.384 e. The van der Waals surface area contributed by atoms with E-state index in [1.165, 1.54) is 0 Å². The molecule has 0 unspecified atom stereocenters. The summed E-state index contributed by atoms with van der Waals surface area (Å²) in [6, 6.07) is 12.9. The molecule has 0 atom stereocenters. The van der Waals surface area contributed by atoms with E-state index in [-0.39, 0.29) is 12.5 Å². The van der Waals surface area contributed by atoms with Crippen LogP contribution in [0.3, 0.4) is 0 Å². The van der Waals surface area contributed by atoms with E-state index in [0.717, 1.165) is 16.8 Å². The van der Waals surface area contributed by atoms with Crippen molar-refractivity contribution in [3.8, 4) is 11.8 Å². The van der Waals surface area contributed by atoms with Crippen molar-refractivity contribution < 1.29 is 9.90 Å². The van der Waals surface area contributed by atoms with Crippen LogP contribution < -0.4 is 5.32 Å². The van der Waals surface area contributed by atoms with Crippen molar-refractivity contribution in [2.75, 3.05) is 11.9 Å². The van der Waals surface area contributed by atoms with E-state index in [9.17, 15) is 4.79 Å². The average molecular weight is 279 g/mol. The van der Waals surface area contributed by atoms with Crippen LogP contribution in [0.15, 0.2) is 42.5 Å². The predicted octanol–water partition coefficient (Wildman–Crippen LogP) is 2.90. The van der Waals surface area contributed by atoms with Crippen LogP contribution >= 0.6 is 0 Å². The maximum absolute atomic E-state index is 12.3. The number of hydrogen-bond acceptors (Lipinski definition) is 2. The van der Waals surface area contributed by atoms with E-state index < -0.39 is 0 Å². The Bertz CT molecular complexity index is 703. The van der Waals surface area contributed by atoms with Crippen molar-refractivity contribution in [2.45, 2.75) is 13.8 Å². The molecule has 0 bridgehead atoms. The predicted molar refractivity (Wildman–Crippen MR) is 84.3 cm³/mol. The third-order valence-electron chi connectivity index (χ3n) is 2.92. The molecule has 2 aromatic carbocycles. The Hall–Kier alpha value is -2.57. The van der Waals surface area contributed by atoms with Crippen LogP contribution in [0.1, 0.15) is 27.0 Å². The molecule has 0 saturated heterocycles. The van der Waals surface area contributed by atoms with Gasteiger partial charge in [0.05, 0.1) is 0 Å². The Morgan fingerprint density at radius 2 is 1.86 bits per heavy atom. The lowest BCUT2D eigenvalue weighted by Crippen LogP contribution is -2.12. The molecule has 21 heavy (non-hydrogen) atoms. The maximum Gasteiger partial charge on any atom is 0.255 e. The SMILES string of the molecule is Cc1cc(C)cc(NC(=O)c2cccc(C#CCO)c2)c1. The Kier molecular flexibility index (Phi) is 4.76. The van der Waals surface area contributed by atoms with E-state index in [1.807, 2.05) is 26.0 Å². The lowest BCUT2D eigenvalue weighted by atomic mass is 10.1. The first kappa shape index (κ1) is 14.8. The fourth-order valence-electron chi connectivity index (χ4n) is 2.13. The molecule has 0 radical (unpaired) electrons. The zero-order chi connectivity index (χ0) is 15.2. The summed E-state index contributed by atoms with van der Waals surface area (Å²) in [4.78, 5) is 12.3. The highest BCUT2D eigenvalue weighted by molar-refractivity contribution is 6.04. The molecule has 3 nitrogen and oxygen atoms in total. The van der Waals surface area contributed by atoms with E-state index in [0.29, 0.717) is 11.1 Å². The van der Waals surface area contributed by atoms with Gasteiger partial charge in [0.15, 0.2) is 0 Å². The fourth-order valence-corrected chi connectivity index (χ4v) is 2.13. The topological polar surface area (TPSA) is 49.3 Å². The molecule has 0 fully saturated rings. The molecule has 0 aliphatic carbocycles. The van der Waals surface area contributed by atoms with Crippen LogP contribution in [0.25, 0.3) is 0 Å². The van der Waals surface area contributed by atoms with Gasteiger partial charge >= 0.3 is 0 Å². The van der Waals surface area contributed by atoms with Crippen LogP contribution in [0.2, 0.25) is 0 Å². The second kappa shape index (κ2) is 6.74. The molecule has 2 rings (SSSR count). The van der Waals surface area contributed by atoms with E-state index in [1.54, 1.807) is 24.3 Å². The summed E-state index contributed by atoms with van der Waals surface area (Å²) < 4.78 is 0. The van der Waals surface area contributed by atoms with Gasteiger partial charge < -0.3 is 10.4 Å². The third kappa shape index (κ3) is 4.20. The minimum atomic E-state index is -0.195. The molecule has 2 N–H and O–H groups in total. The van der Waals surface area contributed by atoms with Crippen molar-refractivity contribution in [1.29, 1.82) is 0 Å². The average Bonchev–Trinajstić information content (AvgIpc) is 2.44. The number of carbonyl (C=O) groups excluding carboxylic acids is 1. The number of benzene rings is 2. The van der Waals surface area contributed by atoms with Crippen molar-refractivity contribution in [3.05, 3.63) is 64.7 Å². The lowest BCUT2D eigenvalue weighted by Gasteiger charge is -2.08. The van der Waals surface area contributed by atoms with Gasteiger partial charge in [-0.1, -0.05) is 24.0 Å². The zero-order valence-electron chi connectivity index (χ0n) is 12.1. The fraction of sp³-hybridized carbons (Fsp3) is 0.167. The third-order valence-corrected chi connectivity index (χ3v) is 2.92. The Balaban J connectivity index is 2.20. The zero-order valence-corrected chi connectivity index (χ0v) is 12.1. The Labute approximate surface area is 124 Å². The molecule has 1 amide bonds. The highest BCUT2D eigenvalue weighted by Crippen LogP contribution is 2.15. The van der Waals surface area contributed by atoms with Crippen LogP contribution in [-0.4, -0.2) is 17.6 Å². The van der Waals surface area contributed by atoms with Crippen molar-refractivity contribution in [3.63, 3.8) is 0 Å². The summed E-state index contributed by atoms with van der Waals surface area (Å²) >= 11 is 0. The molecule has 2 aromatic rings. The summed E-state index contributed by atoms with van der Waals surface area (Å²) in [5.41, 5.74) is 4.24. The van der Waals surface area contributed by atoms with Gasteiger partial charge in [-0.25, -0.2) is 0 Å². The maximum atomic E-state index is 12.3. The summed E-state index contributed by atoms with van der Waals surface area (Å²) in [7, 11) is 0. The van der Waals surface area contributed by atoms with Crippen LogP contribution in [0, 0.1) is 25.7 Å². The number of amides is 1. The van der Waals surface area contributed by atoms with Gasteiger partial charge in [0, 0.05) is 16.8 Å². The van der Waals surface area contributed by atoms with E-state index >= 15 is 0 Å². The smallest absolute Gasteiger partial charge is 0.255 e. The van der Waals surface area contributed by atoms with Crippen LogP contribution in [0.4, 0.5) is 5.69 Å². The molecular formula is C18H17NO2. The number of aliphatic hydroxyl groups is 1. The first-order chi connectivity index (χ1) is 10.1. The number of aliphatic hydroxyl groups excluding tert-OH is 1. The van der Waals surface area contributed by atoms with Crippen molar-refractivity contribution in [2.24, 2.45) is 0 Å². The molecule has 106 valence electrons.